The zero-order chi connectivity index (χ0) is 41.4. The van der Waals surface area contributed by atoms with E-state index in [0.717, 1.165) is 16.8 Å². The Kier molecular flexibility index (Phi) is 14.2. The summed E-state index contributed by atoms with van der Waals surface area (Å²) in [7, 11) is -35.5. The molecule has 2 aliphatic heterocycles. The smallest absolute Gasteiger partial charge is 0.390 e. The molecule has 12 N–H and O–H groups in total. The van der Waals surface area contributed by atoms with E-state index in [2.05, 4.69) is 36.3 Å². The third-order valence-electron chi connectivity index (χ3n) is 6.61. The second-order valence-corrected chi connectivity index (χ2v) is 19.8. The number of phosphoric ester groups is 3. The van der Waals surface area contributed by atoms with Crippen LogP contribution in [-0.2, 0) is 67.7 Å². The summed E-state index contributed by atoms with van der Waals surface area (Å²) in [6, 6.07) is 2.33. The predicted molar refractivity (Wildman–Crippen MR) is 171 cm³/mol. The number of phosphoric acid groups is 6. The Morgan fingerprint density at radius 2 is 1.07 bits per heavy atom. The molecule has 0 spiro atoms. The van der Waals surface area contributed by atoms with Gasteiger partial charge < -0.3 is 60.3 Å². The van der Waals surface area contributed by atoms with Crippen LogP contribution in [0.25, 0.3) is 0 Å². The van der Waals surface area contributed by atoms with Crippen LogP contribution in [0.5, 0.6) is 0 Å². The molecule has 4 rings (SSSR count). The van der Waals surface area contributed by atoms with Crippen molar-refractivity contribution in [2.75, 3.05) is 24.7 Å². The summed E-state index contributed by atoms with van der Waals surface area (Å²) >= 11 is 0. The summed E-state index contributed by atoms with van der Waals surface area (Å²) in [5.74, 6) is -0.386. The lowest BCUT2D eigenvalue weighted by Gasteiger charge is -2.23. The highest BCUT2D eigenvalue weighted by atomic mass is 31.3. The molecule has 11 atom stereocenters. The van der Waals surface area contributed by atoms with E-state index in [1.165, 1.54) is 12.3 Å². The maximum absolute atomic E-state index is 12.8. The number of aliphatic hydroxyl groups is 1. The van der Waals surface area contributed by atoms with E-state index in [0.29, 0.717) is 4.57 Å². The van der Waals surface area contributed by atoms with E-state index < -0.39 is 115 Å². The van der Waals surface area contributed by atoms with Gasteiger partial charge in [0, 0.05) is 25.2 Å². The molecule has 0 aliphatic carbocycles. The largest absolute Gasteiger partial charge is 0.490 e. The Labute approximate surface area is 304 Å². The van der Waals surface area contributed by atoms with Gasteiger partial charge in [0.25, 0.3) is 0 Å². The van der Waals surface area contributed by atoms with E-state index in [1.807, 2.05) is 0 Å². The van der Waals surface area contributed by atoms with Gasteiger partial charge in [-0.05, 0) is 12.1 Å². The van der Waals surface area contributed by atoms with Gasteiger partial charge in [0.15, 0.2) is 0 Å². The van der Waals surface area contributed by atoms with Crippen LogP contribution in [0, 0.1) is 0 Å². The van der Waals surface area contributed by atoms with Crippen LogP contribution in [0.1, 0.15) is 25.3 Å². The second kappa shape index (κ2) is 17.1. The van der Waals surface area contributed by atoms with Crippen LogP contribution in [0.2, 0.25) is 0 Å². The van der Waals surface area contributed by atoms with Crippen LogP contribution < -0.4 is 22.8 Å². The summed E-state index contributed by atoms with van der Waals surface area (Å²) in [6.45, 7) is -2.39. The highest BCUT2D eigenvalue weighted by Gasteiger charge is 2.49. The normalized spacial score (nSPS) is 28.7. The number of nitrogens with two attached hydrogens (primary N) is 2. The molecule has 0 bridgehead atoms. The van der Waals surface area contributed by atoms with Gasteiger partial charge in [0.2, 0.25) is 0 Å². The van der Waals surface area contributed by atoms with Gasteiger partial charge in [-0.2, -0.15) is 27.2 Å². The predicted octanol–water partition coefficient (Wildman–Crippen LogP) is -1.32. The quantitative estimate of drug-likeness (QED) is 0.0775. The maximum Gasteiger partial charge on any atom is 0.490 e. The molecule has 0 radical (unpaired) electrons. The van der Waals surface area contributed by atoms with Gasteiger partial charge in [0.1, 0.15) is 42.4 Å². The van der Waals surface area contributed by atoms with E-state index in [-0.39, 0.29) is 18.1 Å². The second-order valence-electron chi connectivity index (χ2n) is 10.8. The van der Waals surface area contributed by atoms with Crippen molar-refractivity contribution in [3.05, 3.63) is 45.5 Å². The molecule has 55 heavy (non-hydrogen) atoms. The molecular formula is C18H30N6O25P6. The number of hydrogen-bond donors (Lipinski definition) is 10. The standard InChI is InChI=1S/C18H30N6O25P6/c19-13-1-3-23(17(26)21-13)15-5-9(25)11(43-15)7-41-51(31,32)48-55(39,40)49-53(35,36)45-10-6-16(24-4-2-14(20)22-18(24)27)44-12(10)8-42-52(33,34)47-54(37,38)46-50(28,29)30/h1-4,9-12,15-16,25H,5-8H2,(H,31,32)(H,33,34)(H,35,36)(H,37,38)(H,39,40)(H2,19,21,26)(H2,20,22,27)(H2,28,29,30)/t9-,10-,11+,12+,15+,16+/m0/s1. The first-order valence-electron chi connectivity index (χ1n) is 14.2. The Bertz CT molecular complexity index is 2150. The Balaban J connectivity index is 1.42. The van der Waals surface area contributed by atoms with Crippen molar-refractivity contribution in [3.63, 3.8) is 0 Å². The molecule has 0 amide bonds. The minimum absolute atomic E-state index is 0.120. The molecule has 2 saturated heterocycles. The third-order valence-corrected chi connectivity index (χ3v) is 14.7. The summed E-state index contributed by atoms with van der Waals surface area (Å²) in [4.78, 5) is 98.1. The lowest BCUT2D eigenvalue weighted by molar-refractivity contribution is -0.0455. The van der Waals surface area contributed by atoms with Gasteiger partial charge in [0.05, 0.1) is 19.3 Å². The number of nitrogens with zero attached hydrogens (tertiary/aromatic N) is 4. The van der Waals surface area contributed by atoms with E-state index in [1.54, 1.807) is 0 Å². The highest BCUT2D eigenvalue weighted by molar-refractivity contribution is 7.67. The number of rotatable bonds is 18. The number of hydrogen-bond acceptors (Lipinski definition) is 22. The zero-order valence-electron chi connectivity index (χ0n) is 26.7. The van der Waals surface area contributed by atoms with E-state index in [9.17, 15) is 66.6 Å². The van der Waals surface area contributed by atoms with Crippen molar-refractivity contribution in [3.8, 4) is 0 Å². The Hall–Kier alpha value is -1.94. The molecule has 2 aromatic heterocycles. The average molecular weight is 916 g/mol. The fourth-order valence-corrected chi connectivity index (χ4v) is 11.3. The molecule has 312 valence electrons. The maximum atomic E-state index is 12.8. The minimum Gasteiger partial charge on any atom is -0.390 e. The lowest BCUT2D eigenvalue weighted by Crippen LogP contribution is -2.29. The van der Waals surface area contributed by atoms with Crippen molar-refractivity contribution in [2.45, 2.75) is 49.7 Å². The fraction of sp³-hybridized carbons (Fsp3) is 0.556. The fourth-order valence-electron chi connectivity index (χ4n) is 4.59. The zero-order valence-corrected chi connectivity index (χ0v) is 32.1. The van der Waals surface area contributed by atoms with Gasteiger partial charge in [-0.15, -0.1) is 0 Å². The SMILES string of the molecule is Nc1ccn([C@H]2C[C@H](OP(=O)(O)OP(=O)(O)OP(=O)(O)OC[C@H]3O[C@@H](n4ccc(N)nc4=O)C[C@@H]3O)[C@@H](COP(=O)(O)OP(=O)(O)OP(=O)(O)O)O2)c(=O)n1. The summed E-state index contributed by atoms with van der Waals surface area (Å²) < 4.78 is 114. The topological polar surface area (TPSA) is 469 Å². The van der Waals surface area contributed by atoms with Crippen LogP contribution in [-0.4, -0.2) is 96.1 Å². The first-order valence-corrected chi connectivity index (χ1v) is 23.2. The van der Waals surface area contributed by atoms with Gasteiger partial charge >= 0.3 is 58.3 Å². The van der Waals surface area contributed by atoms with Crippen molar-refractivity contribution < 1.29 is 107 Å². The van der Waals surface area contributed by atoms with Crippen LogP contribution in [0.4, 0.5) is 11.6 Å². The molecule has 4 heterocycles. The number of aliphatic hydroxyl groups excluding tert-OH is 1. The minimum atomic E-state index is -6.17. The number of aromatic nitrogens is 4. The van der Waals surface area contributed by atoms with Gasteiger partial charge in [-0.1, -0.05) is 0 Å². The Morgan fingerprint density at radius 1 is 0.655 bits per heavy atom. The monoisotopic (exact) mass is 916 g/mol. The lowest BCUT2D eigenvalue weighted by atomic mass is 10.2. The van der Waals surface area contributed by atoms with Crippen LogP contribution in [0.15, 0.2) is 34.1 Å². The van der Waals surface area contributed by atoms with Gasteiger partial charge in [-0.25, -0.2) is 37.0 Å². The molecule has 31 nitrogen and oxygen atoms in total. The molecule has 0 aromatic carbocycles. The number of ether oxygens (including phenoxy) is 2. The molecule has 37 heteroatoms. The first-order chi connectivity index (χ1) is 25.0. The summed E-state index contributed by atoms with van der Waals surface area (Å²) in [6.07, 6.45) is -8.35. The number of anilines is 2. The average Bonchev–Trinajstić information content (AvgIpc) is 3.53. The summed E-state index contributed by atoms with van der Waals surface area (Å²) in [5.41, 5.74) is 8.89. The summed E-state index contributed by atoms with van der Waals surface area (Å²) in [5, 5.41) is 10.3. The molecule has 2 fully saturated rings. The van der Waals surface area contributed by atoms with Gasteiger partial charge in [-0.3, -0.25) is 22.7 Å². The van der Waals surface area contributed by atoms with Crippen molar-refractivity contribution >= 4 is 58.6 Å². The van der Waals surface area contributed by atoms with Crippen molar-refractivity contribution in [1.82, 2.24) is 19.1 Å². The van der Waals surface area contributed by atoms with E-state index in [4.69, 9.17) is 35.3 Å². The van der Waals surface area contributed by atoms with Crippen molar-refractivity contribution in [1.29, 1.82) is 0 Å². The molecule has 5 unspecified atom stereocenters. The molecular weight excluding hydrogens is 886 g/mol. The number of nitrogen functional groups attached to an aromatic ring is 2. The van der Waals surface area contributed by atoms with E-state index >= 15 is 0 Å². The molecule has 2 aromatic rings. The third kappa shape index (κ3) is 13.8. The Morgan fingerprint density at radius 3 is 1.55 bits per heavy atom. The highest BCUT2D eigenvalue weighted by Crippen LogP contribution is 2.69. The van der Waals surface area contributed by atoms with Crippen LogP contribution >= 0.6 is 46.9 Å². The molecule has 0 saturated carbocycles. The van der Waals surface area contributed by atoms with Crippen molar-refractivity contribution in [2.24, 2.45) is 0 Å². The molecule has 2 aliphatic rings. The first kappa shape index (κ1) is 45.8. The van der Waals surface area contributed by atoms with Crippen LogP contribution in [0.3, 0.4) is 0 Å².